The van der Waals surface area contributed by atoms with Crippen molar-refractivity contribution >= 4 is 26.8 Å². The lowest BCUT2D eigenvalue weighted by atomic mass is 9.86. The summed E-state index contributed by atoms with van der Waals surface area (Å²) in [6.07, 6.45) is 4.12. The van der Waals surface area contributed by atoms with E-state index in [4.69, 9.17) is 0 Å². The van der Waals surface area contributed by atoms with E-state index in [0.717, 1.165) is 30.3 Å². The number of amides is 1. The van der Waals surface area contributed by atoms with Crippen molar-refractivity contribution < 1.29 is 13.2 Å². The lowest BCUT2D eigenvalue weighted by molar-refractivity contribution is -0.122. The highest BCUT2D eigenvalue weighted by atomic mass is 32.2. The number of aromatic nitrogens is 2. The van der Waals surface area contributed by atoms with Gasteiger partial charge in [0.2, 0.25) is 5.91 Å². The molecule has 8 nitrogen and oxygen atoms in total. The van der Waals surface area contributed by atoms with Gasteiger partial charge in [-0.05, 0) is 37.0 Å². The van der Waals surface area contributed by atoms with Crippen molar-refractivity contribution in [1.29, 1.82) is 0 Å². The Labute approximate surface area is 169 Å². The zero-order chi connectivity index (χ0) is 21.3. The molecule has 1 amide bonds. The van der Waals surface area contributed by atoms with E-state index in [1.165, 1.54) is 36.9 Å². The lowest BCUT2D eigenvalue weighted by Gasteiger charge is -2.29. The van der Waals surface area contributed by atoms with E-state index in [1.807, 2.05) is 0 Å². The first-order valence-corrected chi connectivity index (χ1v) is 11.5. The molecule has 0 saturated heterocycles. The summed E-state index contributed by atoms with van der Waals surface area (Å²) in [7, 11) is -0.816. The molecular formula is C20H27N3O5S. The molecule has 1 aromatic heterocycles. The summed E-state index contributed by atoms with van der Waals surface area (Å²) in [6, 6.07) is 4.40. The van der Waals surface area contributed by atoms with Crippen molar-refractivity contribution in [2.75, 3.05) is 5.75 Å². The highest BCUT2D eigenvalue weighted by molar-refractivity contribution is 7.91. The van der Waals surface area contributed by atoms with Crippen LogP contribution in [0.3, 0.4) is 0 Å². The standard InChI is InChI=1S/C20H27N3O5S/c1-13-6-4-5-7-15(13)21-18(24)10-11-29(27,28)14-8-9-16-17(12-14)23(3)20(26)19(25)22(16)2/h8-9,12-13,15H,4-7,10-11H2,1-3H3,(H,21,24)/t13-,15-/m0/s1. The van der Waals surface area contributed by atoms with Crippen LogP contribution < -0.4 is 16.4 Å². The Morgan fingerprint density at radius 2 is 1.69 bits per heavy atom. The minimum atomic E-state index is -3.72. The summed E-state index contributed by atoms with van der Waals surface area (Å²) >= 11 is 0. The average Bonchev–Trinajstić information content (AvgIpc) is 2.70. The fourth-order valence-electron chi connectivity index (χ4n) is 3.91. The number of carbonyl (C=O) groups is 1. The number of benzene rings is 1. The van der Waals surface area contributed by atoms with Gasteiger partial charge in [-0.25, -0.2) is 8.42 Å². The van der Waals surface area contributed by atoms with Crippen LogP contribution in [0.4, 0.5) is 0 Å². The van der Waals surface area contributed by atoms with E-state index >= 15 is 0 Å². The molecule has 0 unspecified atom stereocenters. The van der Waals surface area contributed by atoms with Gasteiger partial charge in [0, 0.05) is 26.6 Å². The normalized spacial score (nSPS) is 20.0. The van der Waals surface area contributed by atoms with Gasteiger partial charge in [0.15, 0.2) is 9.84 Å². The molecule has 9 heteroatoms. The molecule has 1 fully saturated rings. The van der Waals surface area contributed by atoms with Gasteiger partial charge in [0.25, 0.3) is 0 Å². The Hall–Kier alpha value is -2.42. The fraction of sp³-hybridized carbons (Fsp3) is 0.550. The molecule has 0 aliphatic heterocycles. The SMILES string of the molecule is C[C@H]1CCCC[C@@H]1NC(=O)CCS(=O)(=O)c1ccc2c(c1)n(C)c(=O)c(=O)n2C. The number of hydrogen-bond acceptors (Lipinski definition) is 5. The van der Waals surface area contributed by atoms with Gasteiger partial charge in [-0.1, -0.05) is 19.8 Å². The third kappa shape index (κ3) is 4.29. The number of carbonyl (C=O) groups excluding carboxylic acids is 1. The summed E-state index contributed by atoms with van der Waals surface area (Å²) < 4.78 is 27.8. The first kappa shape index (κ1) is 21.3. The molecule has 29 heavy (non-hydrogen) atoms. The maximum absolute atomic E-state index is 12.7. The topological polar surface area (TPSA) is 107 Å². The molecule has 1 N–H and O–H groups in total. The van der Waals surface area contributed by atoms with Gasteiger partial charge >= 0.3 is 11.1 Å². The van der Waals surface area contributed by atoms with Crippen LogP contribution in [0.15, 0.2) is 32.7 Å². The van der Waals surface area contributed by atoms with Crippen LogP contribution in [0.1, 0.15) is 39.0 Å². The van der Waals surface area contributed by atoms with Crippen LogP contribution in [0, 0.1) is 5.92 Å². The van der Waals surface area contributed by atoms with Crippen LogP contribution in [-0.2, 0) is 28.7 Å². The molecule has 1 aliphatic rings. The Bertz CT molecular complexity index is 1160. The molecule has 2 atom stereocenters. The second kappa shape index (κ2) is 8.14. The summed E-state index contributed by atoms with van der Waals surface area (Å²) in [6.45, 7) is 2.10. The maximum atomic E-state index is 12.7. The van der Waals surface area contributed by atoms with Crippen molar-refractivity contribution in [3.63, 3.8) is 0 Å². The Kier molecular flexibility index (Phi) is 5.97. The van der Waals surface area contributed by atoms with Crippen molar-refractivity contribution in [3.8, 4) is 0 Å². The van der Waals surface area contributed by atoms with Gasteiger partial charge in [0.05, 0.1) is 21.7 Å². The van der Waals surface area contributed by atoms with Gasteiger partial charge in [0.1, 0.15) is 0 Å². The van der Waals surface area contributed by atoms with Crippen molar-refractivity contribution in [2.45, 2.75) is 50.0 Å². The van der Waals surface area contributed by atoms with Crippen LogP contribution in [0.2, 0.25) is 0 Å². The predicted octanol–water partition coefficient (Wildman–Crippen LogP) is 1.10. The molecule has 1 heterocycles. The van der Waals surface area contributed by atoms with Gasteiger partial charge in [-0.15, -0.1) is 0 Å². The van der Waals surface area contributed by atoms with E-state index in [0.29, 0.717) is 17.0 Å². The summed E-state index contributed by atoms with van der Waals surface area (Å²) in [4.78, 5) is 36.2. The van der Waals surface area contributed by atoms with Crippen molar-refractivity contribution in [1.82, 2.24) is 14.5 Å². The van der Waals surface area contributed by atoms with E-state index in [1.54, 1.807) is 0 Å². The molecule has 1 saturated carbocycles. The minimum absolute atomic E-state index is 0.0254. The van der Waals surface area contributed by atoms with Crippen molar-refractivity contribution in [3.05, 3.63) is 38.9 Å². The van der Waals surface area contributed by atoms with E-state index < -0.39 is 21.0 Å². The predicted molar refractivity (Wildman–Crippen MR) is 111 cm³/mol. The highest BCUT2D eigenvalue weighted by Gasteiger charge is 2.24. The van der Waals surface area contributed by atoms with Gasteiger partial charge in [-0.2, -0.15) is 0 Å². The number of aryl methyl sites for hydroxylation is 2. The second-order valence-corrected chi connectivity index (χ2v) is 9.99. The average molecular weight is 422 g/mol. The monoisotopic (exact) mass is 421 g/mol. The zero-order valence-corrected chi connectivity index (χ0v) is 17.8. The Balaban J connectivity index is 1.79. The van der Waals surface area contributed by atoms with Crippen LogP contribution in [0.25, 0.3) is 11.0 Å². The summed E-state index contributed by atoms with van der Waals surface area (Å²) in [5.74, 6) is -0.175. The van der Waals surface area contributed by atoms with Crippen molar-refractivity contribution in [2.24, 2.45) is 20.0 Å². The molecule has 3 rings (SSSR count). The number of nitrogens with zero attached hydrogens (tertiary/aromatic N) is 2. The highest BCUT2D eigenvalue weighted by Crippen LogP contribution is 2.24. The number of hydrogen-bond donors (Lipinski definition) is 1. The molecule has 1 aromatic carbocycles. The van der Waals surface area contributed by atoms with Crippen LogP contribution in [-0.4, -0.2) is 35.3 Å². The zero-order valence-electron chi connectivity index (χ0n) is 17.0. The maximum Gasteiger partial charge on any atom is 0.316 e. The third-order valence-electron chi connectivity index (χ3n) is 5.88. The number of sulfone groups is 1. The minimum Gasteiger partial charge on any atom is -0.353 e. The van der Waals surface area contributed by atoms with Crippen LogP contribution in [0.5, 0.6) is 0 Å². The molecule has 158 valence electrons. The number of nitrogens with one attached hydrogen (secondary N) is 1. The molecule has 0 bridgehead atoms. The lowest BCUT2D eigenvalue weighted by Crippen LogP contribution is -2.41. The smallest absolute Gasteiger partial charge is 0.316 e. The Morgan fingerprint density at radius 3 is 2.34 bits per heavy atom. The van der Waals surface area contributed by atoms with Gasteiger partial charge < -0.3 is 14.5 Å². The first-order chi connectivity index (χ1) is 13.6. The third-order valence-corrected chi connectivity index (χ3v) is 7.59. The number of fused-ring (bicyclic) bond motifs is 1. The number of rotatable bonds is 5. The fourth-order valence-corrected chi connectivity index (χ4v) is 5.17. The summed E-state index contributed by atoms with van der Waals surface area (Å²) in [5, 5.41) is 2.97. The van der Waals surface area contributed by atoms with E-state index in [2.05, 4.69) is 12.2 Å². The van der Waals surface area contributed by atoms with Crippen LogP contribution >= 0.6 is 0 Å². The quantitative estimate of drug-likeness (QED) is 0.728. The summed E-state index contributed by atoms with van der Waals surface area (Å²) in [5.41, 5.74) is -0.599. The van der Waals surface area contributed by atoms with Gasteiger partial charge in [-0.3, -0.25) is 14.4 Å². The van der Waals surface area contributed by atoms with E-state index in [-0.39, 0.29) is 29.0 Å². The first-order valence-electron chi connectivity index (χ1n) is 9.83. The second-order valence-electron chi connectivity index (χ2n) is 7.88. The Morgan fingerprint density at radius 1 is 1.07 bits per heavy atom. The molecular weight excluding hydrogens is 394 g/mol. The molecule has 0 spiro atoms. The molecule has 1 aliphatic carbocycles. The molecule has 2 aromatic rings. The molecule has 0 radical (unpaired) electrons. The largest absolute Gasteiger partial charge is 0.353 e. The van der Waals surface area contributed by atoms with E-state index in [9.17, 15) is 22.8 Å².